The van der Waals surface area contributed by atoms with Crippen molar-refractivity contribution in [3.05, 3.63) is 17.8 Å². The van der Waals surface area contributed by atoms with Crippen LogP contribution in [0.2, 0.25) is 0 Å². The molecule has 17 heavy (non-hydrogen) atoms. The maximum Gasteiger partial charge on any atom is 0.151 e. The summed E-state index contributed by atoms with van der Waals surface area (Å²) >= 11 is 5.78. The normalized spacial score (nSPS) is 18.1. The van der Waals surface area contributed by atoms with Crippen LogP contribution in [0.4, 0.5) is 5.82 Å². The molecule has 0 aliphatic carbocycles. The van der Waals surface area contributed by atoms with Gasteiger partial charge >= 0.3 is 0 Å². The van der Waals surface area contributed by atoms with E-state index in [2.05, 4.69) is 26.1 Å². The lowest BCUT2D eigenvalue weighted by Crippen LogP contribution is -2.32. The average molecular weight is 255 g/mol. The highest BCUT2D eigenvalue weighted by molar-refractivity contribution is 6.18. The van der Waals surface area contributed by atoms with Crippen molar-refractivity contribution in [2.24, 2.45) is 0 Å². The first-order valence-corrected chi connectivity index (χ1v) is 6.66. The molecule has 0 aromatic carbocycles. The molecule has 0 N–H and O–H groups in total. The molecule has 1 saturated heterocycles. The van der Waals surface area contributed by atoms with Gasteiger partial charge < -0.3 is 9.80 Å². The number of anilines is 1. The minimum absolute atomic E-state index is 0.713. The Morgan fingerprint density at radius 1 is 1.18 bits per heavy atom. The topological polar surface area (TPSA) is 32.3 Å². The zero-order chi connectivity index (χ0) is 12.1. The van der Waals surface area contributed by atoms with E-state index in [1.165, 1.54) is 0 Å². The summed E-state index contributed by atoms with van der Waals surface area (Å²) in [6, 6.07) is 4.07. The Balaban J connectivity index is 1.96. The van der Waals surface area contributed by atoms with Crippen LogP contribution in [-0.4, -0.2) is 53.7 Å². The summed E-state index contributed by atoms with van der Waals surface area (Å²) in [5.41, 5.74) is 0.965. The third kappa shape index (κ3) is 3.54. The molecule has 1 aliphatic rings. The van der Waals surface area contributed by atoms with Crippen molar-refractivity contribution in [2.75, 3.05) is 43.5 Å². The molecule has 4 nitrogen and oxygen atoms in total. The largest absolute Gasteiger partial charge is 0.354 e. The van der Waals surface area contributed by atoms with Crippen LogP contribution < -0.4 is 4.90 Å². The molecule has 0 amide bonds. The van der Waals surface area contributed by atoms with Gasteiger partial charge in [0.15, 0.2) is 5.82 Å². The van der Waals surface area contributed by atoms with E-state index in [9.17, 15) is 0 Å². The van der Waals surface area contributed by atoms with Crippen LogP contribution in [0.25, 0.3) is 0 Å². The number of hydrogen-bond donors (Lipinski definition) is 0. The fraction of sp³-hybridized carbons (Fsp3) is 0.667. The highest BCUT2D eigenvalue weighted by Gasteiger charge is 2.15. The molecule has 1 aliphatic heterocycles. The predicted molar refractivity (Wildman–Crippen MR) is 70.8 cm³/mol. The molecule has 0 bridgehead atoms. The summed E-state index contributed by atoms with van der Waals surface area (Å²) in [5.74, 6) is 1.70. The van der Waals surface area contributed by atoms with Gasteiger partial charge in [0.1, 0.15) is 0 Å². The summed E-state index contributed by atoms with van der Waals surface area (Å²) in [4.78, 5) is 4.72. The van der Waals surface area contributed by atoms with E-state index in [0.29, 0.717) is 5.88 Å². The number of alkyl halides is 1. The Morgan fingerprint density at radius 3 is 2.76 bits per heavy atom. The van der Waals surface area contributed by atoms with Gasteiger partial charge in [0, 0.05) is 32.1 Å². The average Bonchev–Trinajstić information content (AvgIpc) is 2.56. The summed E-state index contributed by atoms with van der Waals surface area (Å²) in [6.07, 6.45) is 1.16. The van der Waals surface area contributed by atoms with Crippen molar-refractivity contribution in [3.63, 3.8) is 0 Å². The van der Waals surface area contributed by atoms with Gasteiger partial charge in [0.2, 0.25) is 0 Å². The van der Waals surface area contributed by atoms with Crippen LogP contribution >= 0.6 is 11.6 Å². The Hall–Kier alpha value is -0.870. The smallest absolute Gasteiger partial charge is 0.151 e. The Labute approximate surface area is 108 Å². The van der Waals surface area contributed by atoms with Crippen molar-refractivity contribution in [2.45, 2.75) is 13.3 Å². The van der Waals surface area contributed by atoms with E-state index in [1.807, 2.05) is 13.0 Å². The zero-order valence-corrected chi connectivity index (χ0v) is 11.0. The van der Waals surface area contributed by atoms with Gasteiger partial charge in [-0.1, -0.05) is 0 Å². The molecule has 0 spiro atoms. The summed E-state index contributed by atoms with van der Waals surface area (Å²) in [5, 5.41) is 8.36. The zero-order valence-electron chi connectivity index (χ0n) is 10.3. The number of hydrogen-bond acceptors (Lipinski definition) is 4. The first kappa shape index (κ1) is 12.6. The molecule has 0 atom stereocenters. The number of halogens is 1. The van der Waals surface area contributed by atoms with Crippen LogP contribution in [0.15, 0.2) is 12.1 Å². The molecular formula is C12H19ClN4. The third-order valence-corrected chi connectivity index (χ3v) is 3.27. The van der Waals surface area contributed by atoms with Crippen molar-refractivity contribution >= 4 is 17.4 Å². The van der Waals surface area contributed by atoms with Crippen LogP contribution in [0.5, 0.6) is 0 Å². The van der Waals surface area contributed by atoms with Gasteiger partial charge in [-0.15, -0.1) is 16.7 Å². The molecule has 0 radical (unpaired) electrons. The molecule has 1 fully saturated rings. The number of aryl methyl sites for hydroxylation is 1. The third-order valence-electron chi connectivity index (χ3n) is 3.10. The van der Waals surface area contributed by atoms with Gasteiger partial charge in [-0.05, 0) is 32.0 Å². The lowest BCUT2D eigenvalue weighted by molar-refractivity contribution is 0.311. The molecule has 2 heterocycles. The van der Waals surface area contributed by atoms with E-state index in [1.54, 1.807) is 0 Å². The van der Waals surface area contributed by atoms with Gasteiger partial charge in [0.25, 0.3) is 0 Å². The SMILES string of the molecule is Cc1ccc(N2CCCN(CCCl)CC2)nn1. The number of aromatic nitrogens is 2. The standard InChI is InChI=1S/C12H19ClN4/c1-11-3-4-12(15-14-11)17-7-2-6-16(8-5-13)9-10-17/h3-4H,2,5-10H2,1H3. The Kier molecular flexibility index (Phi) is 4.57. The second-order valence-corrected chi connectivity index (χ2v) is 4.78. The van der Waals surface area contributed by atoms with Crippen molar-refractivity contribution in [1.29, 1.82) is 0 Å². The van der Waals surface area contributed by atoms with Gasteiger partial charge in [-0.3, -0.25) is 0 Å². The lowest BCUT2D eigenvalue weighted by Gasteiger charge is -2.21. The Bertz CT molecular complexity index is 341. The second kappa shape index (κ2) is 6.17. The molecule has 0 saturated carbocycles. The molecular weight excluding hydrogens is 236 g/mol. The minimum atomic E-state index is 0.713. The monoisotopic (exact) mass is 254 g/mol. The summed E-state index contributed by atoms with van der Waals surface area (Å²) in [7, 11) is 0. The van der Waals surface area contributed by atoms with Crippen LogP contribution in [0, 0.1) is 6.92 Å². The molecule has 1 aromatic rings. The first-order chi connectivity index (χ1) is 8.29. The van der Waals surface area contributed by atoms with E-state index >= 15 is 0 Å². The van der Waals surface area contributed by atoms with Crippen LogP contribution in [0.3, 0.4) is 0 Å². The maximum atomic E-state index is 5.78. The van der Waals surface area contributed by atoms with Crippen LogP contribution in [0.1, 0.15) is 12.1 Å². The van der Waals surface area contributed by atoms with E-state index in [0.717, 1.165) is 50.7 Å². The highest BCUT2D eigenvalue weighted by atomic mass is 35.5. The van der Waals surface area contributed by atoms with Gasteiger partial charge in [-0.25, -0.2) is 0 Å². The Morgan fingerprint density at radius 2 is 2.06 bits per heavy atom. The number of rotatable bonds is 3. The fourth-order valence-electron chi connectivity index (χ4n) is 2.10. The van der Waals surface area contributed by atoms with Crippen molar-refractivity contribution in [3.8, 4) is 0 Å². The molecule has 2 rings (SSSR count). The first-order valence-electron chi connectivity index (χ1n) is 6.13. The number of nitrogens with zero attached hydrogens (tertiary/aromatic N) is 4. The molecule has 1 aromatic heterocycles. The van der Waals surface area contributed by atoms with Crippen LogP contribution in [-0.2, 0) is 0 Å². The maximum absolute atomic E-state index is 5.78. The summed E-state index contributed by atoms with van der Waals surface area (Å²) in [6.45, 7) is 7.19. The molecule has 5 heteroatoms. The molecule has 0 unspecified atom stereocenters. The quantitative estimate of drug-likeness (QED) is 0.766. The molecule has 94 valence electrons. The van der Waals surface area contributed by atoms with Crippen molar-refractivity contribution < 1.29 is 0 Å². The van der Waals surface area contributed by atoms with E-state index in [4.69, 9.17) is 11.6 Å². The van der Waals surface area contributed by atoms with Crippen molar-refractivity contribution in [1.82, 2.24) is 15.1 Å². The minimum Gasteiger partial charge on any atom is -0.354 e. The predicted octanol–water partition coefficient (Wildman–Crippen LogP) is 1.54. The van der Waals surface area contributed by atoms with E-state index < -0.39 is 0 Å². The highest BCUT2D eigenvalue weighted by Crippen LogP contribution is 2.12. The van der Waals surface area contributed by atoms with Gasteiger partial charge in [0.05, 0.1) is 5.69 Å². The fourth-order valence-corrected chi connectivity index (χ4v) is 2.34. The van der Waals surface area contributed by atoms with E-state index in [-0.39, 0.29) is 0 Å². The lowest BCUT2D eigenvalue weighted by atomic mass is 10.3. The second-order valence-electron chi connectivity index (χ2n) is 4.40. The van der Waals surface area contributed by atoms with Gasteiger partial charge in [-0.2, -0.15) is 5.10 Å². The summed E-state index contributed by atoms with van der Waals surface area (Å²) < 4.78 is 0.